The Labute approximate surface area is 119 Å². The van der Waals surface area contributed by atoms with E-state index in [1.165, 1.54) is 7.11 Å². The topological polar surface area (TPSA) is 48.7 Å². The summed E-state index contributed by atoms with van der Waals surface area (Å²) in [6, 6.07) is 10.8. The van der Waals surface area contributed by atoms with E-state index in [-0.39, 0.29) is 11.9 Å². The molecular weight excluding hydrogens is 312 g/mol. The monoisotopic (exact) mass is 324 g/mol. The molecular formula is C14H13BrO4. The second-order valence-corrected chi connectivity index (χ2v) is 4.74. The lowest BCUT2D eigenvalue weighted by Crippen LogP contribution is -2.03. The lowest BCUT2D eigenvalue weighted by Gasteiger charge is -2.13. The molecule has 0 saturated carbocycles. The molecule has 2 rings (SSSR count). The SMILES string of the molecule is COC(=O)c1ccc(C(C)Oc2ccccc2Br)o1. The first-order chi connectivity index (χ1) is 9.11. The second-order valence-electron chi connectivity index (χ2n) is 3.88. The van der Waals surface area contributed by atoms with Gasteiger partial charge in [-0.2, -0.15) is 0 Å². The standard InChI is InChI=1S/C14H13BrO4/c1-9(18-12-6-4-3-5-10(12)15)11-7-8-13(19-11)14(16)17-2/h3-9H,1-2H3. The molecule has 100 valence electrons. The smallest absolute Gasteiger partial charge is 0.373 e. The van der Waals surface area contributed by atoms with Gasteiger partial charge < -0.3 is 13.9 Å². The fourth-order valence-corrected chi connectivity index (χ4v) is 1.95. The summed E-state index contributed by atoms with van der Waals surface area (Å²) < 4.78 is 16.6. The van der Waals surface area contributed by atoms with E-state index in [0.717, 1.165) is 4.47 Å². The number of carbonyl (C=O) groups is 1. The van der Waals surface area contributed by atoms with E-state index in [2.05, 4.69) is 20.7 Å². The van der Waals surface area contributed by atoms with Gasteiger partial charge in [0.15, 0.2) is 6.10 Å². The van der Waals surface area contributed by atoms with Crippen LogP contribution in [0.25, 0.3) is 0 Å². The highest BCUT2D eigenvalue weighted by molar-refractivity contribution is 9.10. The minimum absolute atomic E-state index is 0.167. The highest BCUT2D eigenvalue weighted by atomic mass is 79.9. The third-order valence-corrected chi connectivity index (χ3v) is 3.21. The Morgan fingerprint density at radius 1 is 1.26 bits per heavy atom. The van der Waals surface area contributed by atoms with E-state index in [4.69, 9.17) is 9.15 Å². The lowest BCUT2D eigenvalue weighted by atomic mass is 10.3. The molecule has 0 N–H and O–H groups in total. The van der Waals surface area contributed by atoms with Gasteiger partial charge in [-0.15, -0.1) is 0 Å². The van der Waals surface area contributed by atoms with Gasteiger partial charge in [0.1, 0.15) is 11.5 Å². The van der Waals surface area contributed by atoms with Crippen molar-refractivity contribution < 1.29 is 18.7 Å². The number of benzene rings is 1. The van der Waals surface area contributed by atoms with E-state index in [9.17, 15) is 4.79 Å². The fourth-order valence-electron chi connectivity index (χ4n) is 1.57. The Balaban J connectivity index is 2.12. The molecule has 1 aromatic carbocycles. The number of rotatable bonds is 4. The van der Waals surface area contributed by atoms with Crippen molar-refractivity contribution in [3.63, 3.8) is 0 Å². The van der Waals surface area contributed by atoms with Gasteiger partial charge in [0.2, 0.25) is 5.76 Å². The zero-order valence-electron chi connectivity index (χ0n) is 10.6. The van der Waals surface area contributed by atoms with Crippen molar-refractivity contribution >= 4 is 21.9 Å². The van der Waals surface area contributed by atoms with E-state index in [1.54, 1.807) is 12.1 Å². The van der Waals surface area contributed by atoms with Crippen molar-refractivity contribution in [2.45, 2.75) is 13.0 Å². The van der Waals surface area contributed by atoms with Crippen molar-refractivity contribution in [3.05, 3.63) is 52.4 Å². The van der Waals surface area contributed by atoms with E-state index >= 15 is 0 Å². The molecule has 19 heavy (non-hydrogen) atoms. The largest absolute Gasteiger partial charge is 0.482 e. The van der Waals surface area contributed by atoms with Crippen molar-refractivity contribution in [2.75, 3.05) is 7.11 Å². The molecule has 0 radical (unpaired) electrons. The van der Waals surface area contributed by atoms with Crippen LogP contribution in [0.3, 0.4) is 0 Å². The minimum atomic E-state index is -0.501. The van der Waals surface area contributed by atoms with Crippen LogP contribution in [0.5, 0.6) is 5.75 Å². The second kappa shape index (κ2) is 5.93. The van der Waals surface area contributed by atoms with Gasteiger partial charge in [-0.05, 0) is 47.1 Å². The predicted molar refractivity (Wildman–Crippen MR) is 73.2 cm³/mol. The molecule has 0 bridgehead atoms. The molecule has 0 fully saturated rings. The summed E-state index contributed by atoms with van der Waals surface area (Å²) in [5, 5.41) is 0. The number of para-hydroxylation sites is 1. The number of furan rings is 1. The molecule has 0 spiro atoms. The number of esters is 1. The van der Waals surface area contributed by atoms with Gasteiger partial charge in [-0.1, -0.05) is 12.1 Å². The van der Waals surface area contributed by atoms with E-state index < -0.39 is 5.97 Å². The molecule has 5 heteroatoms. The molecule has 4 nitrogen and oxygen atoms in total. The zero-order valence-corrected chi connectivity index (χ0v) is 12.1. The Bertz CT molecular complexity index is 576. The molecule has 1 atom stereocenters. The summed E-state index contributed by atoms with van der Waals surface area (Å²) in [7, 11) is 1.31. The third-order valence-electron chi connectivity index (χ3n) is 2.55. The molecule has 1 aromatic heterocycles. The van der Waals surface area contributed by atoms with Gasteiger partial charge >= 0.3 is 5.97 Å². The first-order valence-corrected chi connectivity index (χ1v) is 6.50. The molecule has 0 saturated heterocycles. The molecule has 1 heterocycles. The predicted octanol–water partition coefficient (Wildman–Crippen LogP) is 3.97. The van der Waals surface area contributed by atoms with Crippen LogP contribution in [0, 0.1) is 0 Å². The van der Waals surface area contributed by atoms with Crippen molar-refractivity contribution in [3.8, 4) is 5.75 Å². The average molecular weight is 325 g/mol. The van der Waals surface area contributed by atoms with Crippen molar-refractivity contribution in [1.29, 1.82) is 0 Å². The molecule has 2 aromatic rings. The molecule has 0 aliphatic carbocycles. The van der Waals surface area contributed by atoms with Gasteiger partial charge in [0, 0.05) is 0 Å². The molecule has 1 unspecified atom stereocenters. The first-order valence-electron chi connectivity index (χ1n) is 5.71. The van der Waals surface area contributed by atoms with Crippen LogP contribution in [-0.4, -0.2) is 13.1 Å². The Kier molecular flexibility index (Phi) is 4.27. The summed E-state index contributed by atoms with van der Waals surface area (Å²) in [6.07, 6.45) is -0.308. The molecule has 0 aliphatic heterocycles. The van der Waals surface area contributed by atoms with Gasteiger partial charge in [-0.25, -0.2) is 4.79 Å². The highest BCUT2D eigenvalue weighted by Gasteiger charge is 2.17. The summed E-state index contributed by atoms with van der Waals surface area (Å²) in [5.74, 6) is 0.946. The van der Waals surface area contributed by atoms with Crippen LogP contribution in [0.15, 0.2) is 45.3 Å². The Morgan fingerprint density at radius 3 is 2.68 bits per heavy atom. The Hall–Kier alpha value is -1.75. The third kappa shape index (κ3) is 3.17. The summed E-state index contributed by atoms with van der Waals surface area (Å²) in [5.41, 5.74) is 0. The zero-order chi connectivity index (χ0) is 13.8. The van der Waals surface area contributed by atoms with Crippen LogP contribution < -0.4 is 4.74 Å². The van der Waals surface area contributed by atoms with Gasteiger partial charge in [0.25, 0.3) is 0 Å². The van der Waals surface area contributed by atoms with Crippen LogP contribution in [0.2, 0.25) is 0 Å². The maximum absolute atomic E-state index is 11.3. The van der Waals surface area contributed by atoms with Crippen LogP contribution in [0.1, 0.15) is 29.3 Å². The number of halogens is 1. The number of hydrogen-bond donors (Lipinski definition) is 0. The molecule has 0 amide bonds. The average Bonchev–Trinajstić information content (AvgIpc) is 2.90. The maximum atomic E-state index is 11.3. The number of hydrogen-bond acceptors (Lipinski definition) is 4. The number of ether oxygens (including phenoxy) is 2. The highest BCUT2D eigenvalue weighted by Crippen LogP contribution is 2.29. The summed E-state index contributed by atoms with van der Waals surface area (Å²) in [4.78, 5) is 11.3. The van der Waals surface area contributed by atoms with Crippen LogP contribution in [-0.2, 0) is 4.74 Å². The fraction of sp³-hybridized carbons (Fsp3) is 0.214. The number of methoxy groups -OCH3 is 1. The minimum Gasteiger partial charge on any atom is -0.482 e. The van der Waals surface area contributed by atoms with Crippen molar-refractivity contribution in [2.24, 2.45) is 0 Å². The van der Waals surface area contributed by atoms with Crippen LogP contribution >= 0.6 is 15.9 Å². The summed E-state index contributed by atoms with van der Waals surface area (Å²) >= 11 is 3.41. The summed E-state index contributed by atoms with van der Waals surface area (Å²) in [6.45, 7) is 1.85. The van der Waals surface area contributed by atoms with E-state index in [1.807, 2.05) is 31.2 Å². The van der Waals surface area contributed by atoms with Crippen LogP contribution in [0.4, 0.5) is 0 Å². The van der Waals surface area contributed by atoms with Crippen molar-refractivity contribution in [1.82, 2.24) is 0 Å². The maximum Gasteiger partial charge on any atom is 0.373 e. The van der Waals surface area contributed by atoms with E-state index in [0.29, 0.717) is 11.5 Å². The lowest BCUT2D eigenvalue weighted by molar-refractivity contribution is 0.0558. The number of carbonyl (C=O) groups excluding carboxylic acids is 1. The normalized spacial score (nSPS) is 11.9. The quantitative estimate of drug-likeness (QED) is 0.798. The Morgan fingerprint density at radius 2 is 2.00 bits per heavy atom. The van der Waals surface area contributed by atoms with Gasteiger partial charge in [0.05, 0.1) is 11.6 Å². The molecule has 0 aliphatic rings. The van der Waals surface area contributed by atoms with Gasteiger partial charge in [-0.3, -0.25) is 0 Å². The first kappa shape index (κ1) is 13.7.